The highest BCUT2D eigenvalue weighted by Gasteiger charge is 2.38. The Morgan fingerprint density at radius 3 is 2.38 bits per heavy atom. The van der Waals surface area contributed by atoms with Crippen LogP contribution in [0.4, 0.5) is 5.69 Å². The molecule has 172 valence electrons. The fourth-order valence-electron chi connectivity index (χ4n) is 4.38. The van der Waals surface area contributed by atoms with Crippen molar-refractivity contribution in [2.45, 2.75) is 32.7 Å². The number of hydrogen-bond acceptors (Lipinski definition) is 6. The van der Waals surface area contributed by atoms with E-state index in [9.17, 15) is 4.79 Å². The highest BCUT2D eigenvalue weighted by atomic mass is 35.5. The van der Waals surface area contributed by atoms with E-state index in [2.05, 4.69) is 24.0 Å². The third-order valence-corrected chi connectivity index (χ3v) is 7.67. The maximum atomic E-state index is 12.9. The number of carbonyl (C=O) groups is 1. The van der Waals surface area contributed by atoms with Gasteiger partial charge in [-0.25, -0.2) is 0 Å². The number of hydrogen-bond donors (Lipinski definition) is 2. The molecule has 0 aliphatic carbocycles. The van der Waals surface area contributed by atoms with Gasteiger partial charge in [-0.2, -0.15) is 0 Å². The van der Waals surface area contributed by atoms with Crippen LogP contribution in [0.15, 0.2) is 53.5 Å². The lowest BCUT2D eigenvalue weighted by Crippen LogP contribution is -2.28. The number of halogens is 1. The number of thiophene rings is 1. The van der Waals surface area contributed by atoms with Gasteiger partial charge in [-0.15, -0.1) is 21.5 Å². The van der Waals surface area contributed by atoms with Crippen molar-refractivity contribution in [3.8, 4) is 5.00 Å². The van der Waals surface area contributed by atoms with E-state index >= 15 is 0 Å². The zero-order chi connectivity index (χ0) is 24.1. The number of carbonyl (C=O) groups excluding carboxylic acids is 1. The highest BCUT2D eigenvalue weighted by Crippen LogP contribution is 2.43. The number of aliphatic imine (C=N–C) groups is 1. The van der Waals surface area contributed by atoms with Crippen molar-refractivity contribution >= 4 is 40.2 Å². The minimum atomic E-state index is -0.763. The second-order valence-electron chi connectivity index (χ2n) is 8.38. The number of nitrogens with two attached hydrogens (primary N) is 2. The van der Waals surface area contributed by atoms with Crippen LogP contribution < -0.4 is 11.5 Å². The molecule has 0 fully saturated rings. The summed E-state index contributed by atoms with van der Waals surface area (Å²) >= 11 is 7.83. The lowest BCUT2D eigenvalue weighted by Gasteiger charge is -2.21. The molecule has 0 bridgehead atoms. The number of aryl methyl sites for hydroxylation is 2. The number of nitrogens with zero attached hydrogens (tertiary/aromatic N) is 4. The van der Waals surface area contributed by atoms with Crippen molar-refractivity contribution in [3.63, 3.8) is 0 Å². The van der Waals surface area contributed by atoms with Crippen LogP contribution in [0.25, 0.3) is 5.00 Å². The van der Waals surface area contributed by atoms with Crippen LogP contribution in [0.5, 0.6) is 0 Å². The summed E-state index contributed by atoms with van der Waals surface area (Å²) in [4.78, 5) is 19.2. The molecule has 0 saturated carbocycles. The zero-order valence-electron chi connectivity index (χ0n) is 18.9. The van der Waals surface area contributed by atoms with Crippen molar-refractivity contribution in [2.24, 2.45) is 10.7 Å². The summed E-state index contributed by atoms with van der Waals surface area (Å²) in [6.07, 6.45) is 0. The van der Waals surface area contributed by atoms with Crippen molar-refractivity contribution in [2.75, 3.05) is 5.73 Å². The molecule has 1 aliphatic heterocycles. The maximum Gasteiger partial charge on any atom is 0.227 e. The lowest BCUT2D eigenvalue weighted by molar-refractivity contribution is -0.120. The van der Waals surface area contributed by atoms with Gasteiger partial charge in [-0.1, -0.05) is 35.9 Å². The first-order chi connectivity index (χ1) is 16.3. The number of amides is 1. The molecule has 9 heteroatoms. The number of fused-ring (bicyclic) bond motifs is 3. The average Bonchev–Trinajstić information content (AvgIpc) is 3.27. The molecule has 2 aromatic carbocycles. The Morgan fingerprint density at radius 1 is 1.06 bits per heavy atom. The number of nitrogen functional groups attached to an aromatic ring is 1. The topological polar surface area (TPSA) is 112 Å². The van der Waals surface area contributed by atoms with Gasteiger partial charge in [0.25, 0.3) is 0 Å². The Labute approximate surface area is 206 Å². The molecule has 0 radical (unpaired) electrons. The van der Waals surface area contributed by atoms with E-state index in [4.69, 9.17) is 28.1 Å². The van der Waals surface area contributed by atoms with Crippen LogP contribution in [0.1, 0.15) is 50.7 Å². The summed E-state index contributed by atoms with van der Waals surface area (Å²) in [5.41, 5.74) is 17.0. The molecule has 2 atom stereocenters. The van der Waals surface area contributed by atoms with Crippen molar-refractivity contribution in [1.82, 2.24) is 14.8 Å². The van der Waals surface area contributed by atoms with Crippen LogP contribution in [0, 0.1) is 20.8 Å². The Kier molecular flexibility index (Phi) is 5.50. The monoisotopic (exact) mass is 490 g/mol. The van der Waals surface area contributed by atoms with Crippen LogP contribution in [-0.4, -0.2) is 26.4 Å². The summed E-state index contributed by atoms with van der Waals surface area (Å²) in [5.74, 6) is 0.0279. The molecule has 4 N–H and O–H groups in total. The molecule has 0 spiro atoms. The molecule has 0 saturated heterocycles. The highest BCUT2D eigenvalue weighted by molar-refractivity contribution is 7.15. The Balaban J connectivity index is 1.83. The van der Waals surface area contributed by atoms with Gasteiger partial charge < -0.3 is 11.5 Å². The third-order valence-electron chi connectivity index (χ3n) is 6.22. The number of benzene rings is 2. The summed E-state index contributed by atoms with van der Waals surface area (Å²) in [6.45, 7) is 6.07. The van der Waals surface area contributed by atoms with Crippen molar-refractivity contribution in [3.05, 3.63) is 92.3 Å². The fourth-order valence-corrected chi connectivity index (χ4v) is 5.72. The van der Waals surface area contributed by atoms with Gasteiger partial charge >= 0.3 is 0 Å². The van der Waals surface area contributed by atoms with Crippen LogP contribution in [-0.2, 0) is 4.79 Å². The second-order valence-corrected chi connectivity index (χ2v) is 10.0. The van der Waals surface area contributed by atoms with E-state index in [-0.39, 0.29) is 0 Å². The minimum absolute atomic E-state index is 0.501. The summed E-state index contributed by atoms with van der Waals surface area (Å²) in [5, 5.41) is 10.4. The number of primary amides is 1. The number of rotatable bonds is 4. The first-order valence-corrected chi connectivity index (χ1v) is 12.0. The van der Waals surface area contributed by atoms with Gasteiger partial charge in [0.15, 0.2) is 5.82 Å². The van der Waals surface area contributed by atoms with Gasteiger partial charge in [0.2, 0.25) is 5.91 Å². The normalized spacial score (nSPS) is 15.8. The lowest BCUT2D eigenvalue weighted by atomic mass is 9.90. The van der Waals surface area contributed by atoms with E-state index in [0.29, 0.717) is 16.5 Å². The van der Waals surface area contributed by atoms with Gasteiger partial charge in [0, 0.05) is 26.7 Å². The number of aromatic nitrogens is 3. The molecule has 34 heavy (non-hydrogen) atoms. The largest absolute Gasteiger partial charge is 0.399 e. The quantitative estimate of drug-likeness (QED) is 0.405. The molecular weight excluding hydrogens is 468 g/mol. The molecule has 2 unspecified atom stereocenters. The first kappa shape index (κ1) is 22.3. The smallest absolute Gasteiger partial charge is 0.227 e. The molecule has 1 amide bonds. The fraction of sp³-hybridized carbons (Fsp3) is 0.200. The summed E-state index contributed by atoms with van der Waals surface area (Å²) in [7, 11) is 0. The van der Waals surface area contributed by atoms with E-state index in [0.717, 1.165) is 38.8 Å². The second kappa shape index (κ2) is 8.38. The molecule has 3 heterocycles. The molecule has 7 nitrogen and oxygen atoms in total. The standard InChI is InChI=1S/C25H23ClN6OS/c1-12-13(2)34-25-19(12)21(16-4-8-17(26)9-5-16)29-22(24-31-30-14(3)32(24)25)20(23(28)33)15-6-10-18(27)11-7-15/h4-11,20,22H,27H2,1-3H3,(H2,28,33). The predicted octanol–water partition coefficient (Wildman–Crippen LogP) is 4.65. The van der Waals surface area contributed by atoms with E-state index in [1.807, 2.05) is 47.9 Å². The minimum Gasteiger partial charge on any atom is -0.399 e. The van der Waals surface area contributed by atoms with Gasteiger partial charge in [0.1, 0.15) is 16.9 Å². The van der Waals surface area contributed by atoms with E-state index in [1.54, 1.807) is 23.5 Å². The molecule has 2 aromatic heterocycles. The van der Waals surface area contributed by atoms with Gasteiger partial charge in [-0.05, 0) is 56.2 Å². The maximum absolute atomic E-state index is 12.9. The average molecular weight is 491 g/mol. The Hall–Kier alpha value is -3.49. The third kappa shape index (κ3) is 3.59. The van der Waals surface area contributed by atoms with Gasteiger partial charge in [0.05, 0.1) is 11.6 Å². The van der Waals surface area contributed by atoms with Crippen LogP contribution >= 0.6 is 22.9 Å². The molecular formula is C25H23ClN6OS. The van der Waals surface area contributed by atoms with E-state index < -0.39 is 17.9 Å². The van der Waals surface area contributed by atoms with Crippen molar-refractivity contribution < 1.29 is 4.79 Å². The van der Waals surface area contributed by atoms with Gasteiger partial charge in [-0.3, -0.25) is 14.4 Å². The molecule has 4 aromatic rings. The SMILES string of the molecule is Cc1sc2c(c1C)C(c1ccc(Cl)cc1)=NC(C(C(N)=O)c1ccc(N)cc1)c1nnc(C)n1-2. The van der Waals surface area contributed by atoms with Crippen molar-refractivity contribution in [1.29, 1.82) is 0 Å². The predicted molar refractivity (Wildman–Crippen MR) is 136 cm³/mol. The summed E-state index contributed by atoms with van der Waals surface area (Å²) < 4.78 is 2.00. The molecule has 1 aliphatic rings. The van der Waals surface area contributed by atoms with E-state index in [1.165, 1.54) is 4.88 Å². The van der Waals surface area contributed by atoms with Crippen LogP contribution in [0.3, 0.4) is 0 Å². The zero-order valence-corrected chi connectivity index (χ0v) is 20.5. The number of anilines is 1. The first-order valence-electron chi connectivity index (χ1n) is 10.8. The molecule has 5 rings (SSSR count). The Bertz CT molecular complexity index is 1440. The van der Waals surface area contributed by atoms with Crippen LogP contribution in [0.2, 0.25) is 5.02 Å². The summed E-state index contributed by atoms with van der Waals surface area (Å²) in [6, 6.07) is 14.0. The Morgan fingerprint density at radius 2 is 1.74 bits per heavy atom.